The molecular weight excluding hydrogens is 604 g/mol. The molecule has 5 aromatic carbocycles. The maximum absolute atomic E-state index is 14.3. The minimum absolute atomic E-state index is 0.0654. The zero-order valence-electron chi connectivity index (χ0n) is 26.4. The molecule has 3 heterocycles. The van der Waals surface area contributed by atoms with Gasteiger partial charge in [0.2, 0.25) is 0 Å². The molecule has 0 saturated carbocycles. The lowest BCUT2D eigenvalue weighted by atomic mass is 9.89. The number of ether oxygens (including phenoxy) is 1. The molecule has 10 rings (SSSR count). The summed E-state index contributed by atoms with van der Waals surface area (Å²) >= 11 is 0. The number of nitrogens with zero attached hydrogens (tertiary/aromatic N) is 4. The van der Waals surface area contributed by atoms with Crippen LogP contribution in [-0.2, 0) is 0 Å². The van der Waals surface area contributed by atoms with Gasteiger partial charge in [-0.15, -0.1) is 0 Å². The monoisotopic (exact) mass is 634 g/mol. The van der Waals surface area contributed by atoms with Gasteiger partial charge in [-0.25, -0.2) is 14.3 Å². The van der Waals surface area contributed by atoms with Crippen molar-refractivity contribution in [3.05, 3.63) is 178 Å². The molecular formula is C43H30N4O2. The molecule has 0 spiro atoms. The van der Waals surface area contributed by atoms with Crippen molar-refractivity contribution in [1.82, 2.24) is 14.5 Å². The standard InChI is InChI=1S/C43H30N4O2/c48-43-45-41(27-13-3-1-4-14-27)44-42(28-15-5-2-6-16-28)47(43)35-23-24-36(40-39(35)32-20-10-12-22-38(32)49-40)46-34-21-11-9-19-31(34)33-25-29-17-7-8-18-30(29)26-37(33)46/h1-26,32-33,37-38H. The van der Waals surface area contributed by atoms with Crippen molar-refractivity contribution in [2.24, 2.45) is 0 Å². The van der Waals surface area contributed by atoms with E-state index in [9.17, 15) is 4.79 Å². The molecule has 4 unspecified atom stereocenters. The molecule has 6 nitrogen and oxygen atoms in total. The summed E-state index contributed by atoms with van der Waals surface area (Å²) in [6.07, 6.45) is 13.0. The third kappa shape index (κ3) is 4.30. The first kappa shape index (κ1) is 27.8. The van der Waals surface area contributed by atoms with Gasteiger partial charge in [0, 0.05) is 34.2 Å². The quantitative estimate of drug-likeness (QED) is 0.213. The number of hydrogen-bond donors (Lipinski definition) is 0. The van der Waals surface area contributed by atoms with Crippen LogP contribution in [0.3, 0.4) is 0 Å². The number of benzene rings is 5. The Hall–Kier alpha value is -6.27. The summed E-state index contributed by atoms with van der Waals surface area (Å²) in [6.45, 7) is 0. The Morgan fingerprint density at radius 1 is 0.592 bits per heavy atom. The average Bonchev–Trinajstić information content (AvgIpc) is 3.70. The van der Waals surface area contributed by atoms with Crippen LogP contribution in [0.15, 0.2) is 150 Å². The summed E-state index contributed by atoms with van der Waals surface area (Å²) in [6, 6.07) is 41.0. The van der Waals surface area contributed by atoms with E-state index < -0.39 is 0 Å². The van der Waals surface area contributed by atoms with Crippen LogP contribution < -0.4 is 25.8 Å². The highest BCUT2D eigenvalue weighted by molar-refractivity contribution is 5.85. The van der Waals surface area contributed by atoms with E-state index in [0.29, 0.717) is 11.6 Å². The number of allylic oxidation sites excluding steroid dienone is 2. The van der Waals surface area contributed by atoms with E-state index in [1.54, 1.807) is 4.57 Å². The maximum atomic E-state index is 14.3. The van der Waals surface area contributed by atoms with Crippen molar-refractivity contribution < 1.29 is 4.74 Å². The van der Waals surface area contributed by atoms with Crippen LogP contribution in [-0.4, -0.2) is 26.7 Å². The Morgan fingerprint density at radius 2 is 1.27 bits per heavy atom. The Morgan fingerprint density at radius 3 is 2.08 bits per heavy atom. The van der Waals surface area contributed by atoms with Crippen molar-refractivity contribution in [2.75, 3.05) is 4.90 Å². The number of fused-ring (bicyclic) bond motifs is 7. The minimum atomic E-state index is -0.389. The Bertz CT molecular complexity index is 2540. The molecule has 0 fully saturated rings. The Balaban J connectivity index is 1.22. The van der Waals surface area contributed by atoms with Crippen molar-refractivity contribution >= 4 is 23.5 Å². The molecule has 6 heteroatoms. The van der Waals surface area contributed by atoms with Crippen LogP contribution in [0.1, 0.15) is 23.0 Å². The van der Waals surface area contributed by atoms with Gasteiger partial charge in [-0.1, -0.05) is 134 Å². The van der Waals surface area contributed by atoms with Gasteiger partial charge in [0.05, 0.1) is 17.4 Å². The van der Waals surface area contributed by atoms with Crippen LogP contribution >= 0.6 is 0 Å². The molecule has 0 amide bonds. The van der Waals surface area contributed by atoms with Gasteiger partial charge < -0.3 is 9.64 Å². The first-order chi connectivity index (χ1) is 24.2. The van der Waals surface area contributed by atoms with E-state index in [2.05, 4.69) is 101 Å². The maximum Gasteiger partial charge on any atom is 0.355 e. The van der Waals surface area contributed by atoms with E-state index in [4.69, 9.17) is 9.72 Å². The fourth-order valence-electron chi connectivity index (χ4n) is 7.97. The molecule has 0 bridgehead atoms. The molecule has 49 heavy (non-hydrogen) atoms. The topological polar surface area (TPSA) is 60.2 Å². The highest BCUT2D eigenvalue weighted by atomic mass is 16.5. The third-order valence-corrected chi connectivity index (χ3v) is 10.1. The number of aromatic nitrogens is 3. The molecule has 4 atom stereocenters. The average molecular weight is 635 g/mol. The molecule has 234 valence electrons. The number of anilines is 2. The lowest BCUT2D eigenvalue weighted by Crippen LogP contribution is -2.38. The van der Waals surface area contributed by atoms with Crippen molar-refractivity contribution in [3.63, 3.8) is 0 Å². The first-order valence-corrected chi connectivity index (χ1v) is 16.7. The lowest BCUT2D eigenvalue weighted by Gasteiger charge is -2.30. The minimum Gasteiger partial charge on any atom is -0.483 e. The highest BCUT2D eigenvalue weighted by Gasteiger charge is 2.43. The van der Waals surface area contributed by atoms with E-state index in [1.165, 1.54) is 16.0 Å². The lowest BCUT2D eigenvalue weighted by molar-refractivity contribution is 0.269. The summed E-state index contributed by atoms with van der Waals surface area (Å²) in [4.78, 5) is 26.3. The molecule has 6 aromatic rings. The summed E-state index contributed by atoms with van der Waals surface area (Å²) in [5.41, 5.74) is 6.35. The smallest absolute Gasteiger partial charge is 0.355 e. The van der Waals surface area contributed by atoms with Crippen LogP contribution in [0.2, 0.25) is 0 Å². The van der Waals surface area contributed by atoms with E-state index in [-0.39, 0.29) is 29.7 Å². The number of para-hydroxylation sites is 1. The zero-order valence-corrected chi connectivity index (χ0v) is 26.4. The number of hydrogen-bond acceptors (Lipinski definition) is 5. The van der Waals surface area contributed by atoms with Crippen molar-refractivity contribution in [1.29, 1.82) is 0 Å². The normalized spacial score (nSPS) is 20.6. The van der Waals surface area contributed by atoms with Crippen LogP contribution in [0.4, 0.5) is 11.4 Å². The van der Waals surface area contributed by atoms with E-state index in [1.807, 2.05) is 66.7 Å². The van der Waals surface area contributed by atoms with E-state index in [0.717, 1.165) is 39.5 Å². The molecule has 4 aliphatic rings. The largest absolute Gasteiger partial charge is 0.483 e. The molecule has 0 N–H and O–H groups in total. The molecule has 2 aliphatic carbocycles. The van der Waals surface area contributed by atoms with Gasteiger partial charge in [-0.05, 0) is 40.3 Å². The molecule has 1 aromatic heterocycles. The molecule has 2 aliphatic heterocycles. The van der Waals surface area contributed by atoms with Crippen molar-refractivity contribution in [3.8, 4) is 34.2 Å². The van der Waals surface area contributed by atoms with Crippen LogP contribution in [0.5, 0.6) is 5.75 Å². The van der Waals surface area contributed by atoms with Gasteiger partial charge in [0.1, 0.15) is 11.9 Å². The predicted octanol–water partition coefficient (Wildman–Crippen LogP) is 6.81. The van der Waals surface area contributed by atoms with Gasteiger partial charge in [-0.3, -0.25) is 0 Å². The Labute approximate surface area is 282 Å². The fraction of sp³-hybridized carbons (Fsp3) is 0.0930. The summed E-state index contributed by atoms with van der Waals surface area (Å²) in [5.74, 6) is 1.82. The SMILES string of the molecule is O=c1nc(-c2ccccc2)nc(-c2ccccc2)n1-c1ccc(N2c3ccccc3C3C=c4ccccc4=CC32)c2c1C1C=CC=CC1O2. The molecule has 0 radical (unpaired) electrons. The summed E-state index contributed by atoms with van der Waals surface area (Å²) in [5, 5.41) is 2.48. The molecule has 0 saturated heterocycles. The van der Waals surface area contributed by atoms with Crippen LogP contribution in [0.25, 0.3) is 40.6 Å². The highest BCUT2D eigenvalue weighted by Crippen LogP contribution is 2.55. The van der Waals surface area contributed by atoms with Crippen LogP contribution in [0, 0.1) is 0 Å². The fourth-order valence-corrected chi connectivity index (χ4v) is 7.97. The summed E-state index contributed by atoms with van der Waals surface area (Å²) in [7, 11) is 0. The third-order valence-electron chi connectivity index (χ3n) is 10.1. The van der Waals surface area contributed by atoms with Gasteiger partial charge in [-0.2, -0.15) is 4.98 Å². The summed E-state index contributed by atoms with van der Waals surface area (Å²) < 4.78 is 8.57. The van der Waals surface area contributed by atoms with Gasteiger partial charge in [0.25, 0.3) is 0 Å². The second-order valence-corrected chi connectivity index (χ2v) is 12.9. The second kappa shape index (κ2) is 10.9. The number of rotatable bonds is 4. The first-order valence-electron chi connectivity index (χ1n) is 16.7. The predicted molar refractivity (Wildman–Crippen MR) is 194 cm³/mol. The van der Waals surface area contributed by atoms with Gasteiger partial charge >= 0.3 is 5.69 Å². The Kier molecular flexibility index (Phi) is 6.18. The van der Waals surface area contributed by atoms with Gasteiger partial charge in [0.15, 0.2) is 11.6 Å². The van der Waals surface area contributed by atoms with Crippen molar-refractivity contribution in [2.45, 2.75) is 24.0 Å². The zero-order chi connectivity index (χ0) is 32.5. The second-order valence-electron chi connectivity index (χ2n) is 12.9. The van der Waals surface area contributed by atoms with E-state index >= 15 is 0 Å².